The van der Waals surface area contributed by atoms with Crippen molar-refractivity contribution in [1.29, 1.82) is 0 Å². The number of carbonyl (C=O) groups excluding carboxylic acids is 1. The van der Waals surface area contributed by atoms with Crippen LogP contribution in [0.15, 0.2) is 42.5 Å². The van der Waals surface area contributed by atoms with E-state index in [0.29, 0.717) is 11.4 Å². The van der Waals surface area contributed by atoms with Crippen LogP contribution in [0.2, 0.25) is 0 Å². The Balaban J connectivity index is 1.81. The summed E-state index contributed by atoms with van der Waals surface area (Å²) in [5, 5.41) is 10.0. The van der Waals surface area contributed by atoms with Crippen molar-refractivity contribution in [2.24, 2.45) is 0 Å². The zero-order chi connectivity index (χ0) is 18.0. The minimum absolute atomic E-state index is 0.206. The summed E-state index contributed by atoms with van der Waals surface area (Å²) in [7, 11) is 1.63. The Morgan fingerprint density at radius 1 is 1.04 bits per heavy atom. The van der Waals surface area contributed by atoms with Crippen molar-refractivity contribution in [1.82, 2.24) is 10.2 Å². The number of ether oxygens (including phenoxy) is 1. The highest BCUT2D eigenvalue weighted by Gasteiger charge is 2.14. The molecule has 0 aliphatic rings. The fraction of sp³-hybridized carbons (Fsp3) is 0.200. The number of aromatic amines is 1. The lowest BCUT2D eigenvalue weighted by atomic mass is 10.0. The summed E-state index contributed by atoms with van der Waals surface area (Å²) in [6.45, 7) is 6.03. The van der Waals surface area contributed by atoms with Crippen LogP contribution in [0.5, 0.6) is 5.75 Å². The Kier molecular flexibility index (Phi) is 4.57. The van der Waals surface area contributed by atoms with Gasteiger partial charge in [-0.05, 0) is 62.2 Å². The number of hydrogen-bond acceptors (Lipinski definition) is 3. The lowest BCUT2D eigenvalue weighted by Crippen LogP contribution is -2.14. The number of aromatic nitrogens is 2. The van der Waals surface area contributed by atoms with Gasteiger partial charge in [-0.25, -0.2) is 0 Å². The lowest BCUT2D eigenvalue weighted by molar-refractivity contribution is 0.102. The molecule has 1 aromatic heterocycles. The number of nitrogens with zero attached hydrogens (tertiary/aromatic N) is 1. The molecule has 0 aliphatic carbocycles. The molecule has 5 heteroatoms. The topological polar surface area (TPSA) is 67.0 Å². The second-order valence-corrected chi connectivity index (χ2v) is 6.12. The van der Waals surface area contributed by atoms with Crippen LogP contribution in [0.1, 0.15) is 27.2 Å². The highest BCUT2D eigenvalue weighted by atomic mass is 16.5. The van der Waals surface area contributed by atoms with Crippen LogP contribution in [0, 0.1) is 20.8 Å². The van der Waals surface area contributed by atoms with Gasteiger partial charge in [-0.2, -0.15) is 5.10 Å². The highest BCUT2D eigenvalue weighted by Crippen LogP contribution is 2.24. The van der Waals surface area contributed by atoms with E-state index in [1.165, 1.54) is 5.56 Å². The summed E-state index contributed by atoms with van der Waals surface area (Å²) in [6.07, 6.45) is 0. The van der Waals surface area contributed by atoms with E-state index >= 15 is 0 Å². The molecular weight excluding hydrogens is 314 g/mol. The zero-order valence-electron chi connectivity index (χ0n) is 14.8. The van der Waals surface area contributed by atoms with E-state index in [1.807, 2.05) is 45.0 Å². The molecule has 3 rings (SSSR count). The molecule has 2 aromatic carbocycles. The Hall–Kier alpha value is -3.08. The third kappa shape index (κ3) is 3.55. The summed E-state index contributed by atoms with van der Waals surface area (Å²) in [4.78, 5) is 12.5. The number of benzene rings is 2. The van der Waals surface area contributed by atoms with Gasteiger partial charge in [0.05, 0.1) is 12.8 Å². The minimum atomic E-state index is -0.206. The van der Waals surface area contributed by atoms with E-state index in [9.17, 15) is 4.79 Å². The fourth-order valence-corrected chi connectivity index (χ4v) is 2.91. The Morgan fingerprint density at radius 3 is 2.28 bits per heavy atom. The molecule has 128 valence electrons. The number of H-pyrrole nitrogens is 1. The second-order valence-electron chi connectivity index (χ2n) is 6.12. The zero-order valence-corrected chi connectivity index (χ0v) is 14.8. The number of amides is 1. The van der Waals surface area contributed by atoms with Gasteiger partial charge in [0.25, 0.3) is 5.91 Å². The van der Waals surface area contributed by atoms with Gasteiger partial charge in [-0.3, -0.25) is 9.89 Å². The number of aryl methyl sites for hydroxylation is 3. The van der Waals surface area contributed by atoms with Crippen LogP contribution < -0.4 is 10.1 Å². The third-order valence-electron chi connectivity index (χ3n) is 4.12. The van der Waals surface area contributed by atoms with E-state index in [4.69, 9.17) is 4.74 Å². The van der Waals surface area contributed by atoms with Gasteiger partial charge in [0, 0.05) is 11.3 Å². The Morgan fingerprint density at radius 2 is 1.68 bits per heavy atom. The van der Waals surface area contributed by atoms with Gasteiger partial charge in [0.2, 0.25) is 0 Å². The SMILES string of the molecule is COc1ccc(-c2cc(C(=O)Nc3c(C)cc(C)cc3C)[nH]n2)cc1. The van der Waals surface area contributed by atoms with Crippen molar-refractivity contribution in [3.05, 3.63) is 64.8 Å². The van der Waals surface area contributed by atoms with E-state index in [1.54, 1.807) is 13.2 Å². The molecule has 0 fully saturated rings. The van der Waals surface area contributed by atoms with Crippen LogP contribution in [-0.2, 0) is 0 Å². The predicted octanol–water partition coefficient (Wildman–Crippen LogP) is 4.26. The first kappa shape index (κ1) is 16.8. The maximum Gasteiger partial charge on any atom is 0.273 e. The molecule has 0 spiro atoms. The second kappa shape index (κ2) is 6.81. The number of hydrogen-bond donors (Lipinski definition) is 2. The Labute approximate surface area is 147 Å². The van der Waals surface area contributed by atoms with Gasteiger partial charge in [0.1, 0.15) is 11.4 Å². The molecule has 5 nitrogen and oxygen atoms in total. The molecule has 0 saturated carbocycles. The smallest absolute Gasteiger partial charge is 0.273 e. The molecule has 0 aliphatic heterocycles. The largest absolute Gasteiger partial charge is 0.497 e. The molecule has 0 radical (unpaired) electrons. The molecular formula is C20H21N3O2. The fourth-order valence-electron chi connectivity index (χ4n) is 2.91. The van der Waals surface area contributed by atoms with E-state index in [-0.39, 0.29) is 5.91 Å². The maximum absolute atomic E-state index is 12.5. The number of rotatable bonds is 4. The van der Waals surface area contributed by atoms with Gasteiger partial charge in [-0.15, -0.1) is 0 Å². The van der Waals surface area contributed by atoms with Crippen molar-refractivity contribution in [2.75, 3.05) is 12.4 Å². The van der Waals surface area contributed by atoms with Crippen molar-refractivity contribution in [3.63, 3.8) is 0 Å². The summed E-state index contributed by atoms with van der Waals surface area (Å²) in [5.74, 6) is 0.574. The number of methoxy groups -OCH3 is 1. The number of nitrogens with one attached hydrogen (secondary N) is 2. The summed E-state index contributed by atoms with van der Waals surface area (Å²) in [6, 6.07) is 13.4. The van der Waals surface area contributed by atoms with Gasteiger partial charge in [-0.1, -0.05) is 17.7 Å². The van der Waals surface area contributed by atoms with Crippen LogP contribution >= 0.6 is 0 Å². The third-order valence-corrected chi connectivity index (χ3v) is 4.12. The van der Waals surface area contributed by atoms with E-state index in [0.717, 1.165) is 28.1 Å². The molecule has 0 atom stereocenters. The number of carbonyl (C=O) groups is 1. The first-order valence-electron chi connectivity index (χ1n) is 8.07. The molecule has 1 heterocycles. The monoisotopic (exact) mass is 335 g/mol. The average Bonchev–Trinajstić information content (AvgIpc) is 3.08. The standard InChI is InChI=1S/C20H21N3O2/c1-12-9-13(2)19(14(3)10-12)21-20(24)18-11-17(22-23-18)15-5-7-16(25-4)8-6-15/h5-11H,1-4H3,(H,21,24)(H,22,23). The Bertz CT molecular complexity index is 888. The van der Waals surface area contributed by atoms with Crippen molar-refractivity contribution in [2.45, 2.75) is 20.8 Å². The predicted molar refractivity (Wildman–Crippen MR) is 99.2 cm³/mol. The molecule has 25 heavy (non-hydrogen) atoms. The normalized spacial score (nSPS) is 10.6. The van der Waals surface area contributed by atoms with Gasteiger partial charge in [0.15, 0.2) is 0 Å². The molecule has 0 unspecified atom stereocenters. The average molecular weight is 335 g/mol. The summed E-state index contributed by atoms with van der Waals surface area (Å²) < 4.78 is 5.15. The minimum Gasteiger partial charge on any atom is -0.497 e. The van der Waals surface area contributed by atoms with Gasteiger partial charge >= 0.3 is 0 Å². The lowest BCUT2D eigenvalue weighted by Gasteiger charge is -2.12. The summed E-state index contributed by atoms with van der Waals surface area (Å²) in [5.41, 5.74) is 6.16. The maximum atomic E-state index is 12.5. The van der Waals surface area contributed by atoms with E-state index in [2.05, 4.69) is 27.6 Å². The first-order valence-corrected chi connectivity index (χ1v) is 8.07. The quantitative estimate of drug-likeness (QED) is 0.748. The van der Waals surface area contributed by atoms with Crippen LogP contribution in [0.3, 0.4) is 0 Å². The molecule has 2 N–H and O–H groups in total. The van der Waals surface area contributed by atoms with E-state index < -0.39 is 0 Å². The van der Waals surface area contributed by atoms with Crippen LogP contribution in [-0.4, -0.2) is 23.2 Å². The number of anilines is 1. The van der Waals surface area contributed by atoms with Crippen molar-refractivity contribution >= 4 is 11.6 Å². The van der Waals surface area contributed by atoms with Crippen LogP contribution in [0.4, 0.5) is 5.69 Å². The van der Waals surface area contributed by atoms with Gasteiger partial charge < -0.3 is 10.1 Å². The van der Waals surface area contributed by atoms with Crippen LogP contribution in [0.25, 0.3) is 11.3 Å². The molecule has 0 saturated heterocycles. The molecule has 0 bridgehead atoms. The first-order chi connectivity index (χ1) is 12.0. The molecule has 3 aromatic rings. The van der Waals surface area contributed by atoms with Crippen molar-refractivity contribution < 1.29 is 9.53 Å². The molecule has 1 amide bonds. The summed E-state index contributed by atoms with van der Waals surface area (Å²) >= 11 is 0. The highest BCUT2D eigenvalue weighted by molar-refractivity contribution is 6.04. The van der Waals surface area contributed by atoms with Crippen molar-refractivity contribution in [3.8, 4) is 17.0 Å².